The van der Waals surface area contributed by atoms with Crippen molar-refractivity contribution in [2.75, 3.05) is 27.2 Å². The monoisotopic (exact) mass is 304 g/mol. The Balaban J connectivity index is 1.92. The van der Waals surface area contributed by atoms with Gasteiger partial charge in [-0.25, -0.2) is 4.79 Å². The molecule has 1 N–H and O–H groups in total. The lowest BCUT2D eigenvalue weighted by molar-refractivity contribution is -0.131. The number of hydrogen-bond donors (Lipinski definition) is 1. The molecule has 0 bridgehead atoms. The molecule has 2 amide bonds. The highest BCUT2D eigenvalue weighted by molar-refractivity contribution is 5.85. The Morgan fingerprint density at radius 1 is 1.23 bits per heavy atom. The summed E-state index contributed by atoms with van der Waals surface area (Å²) in [6.45, 7) is -0.314. The van der Waals surface area contributed by atoms with Crippen molar-refractivity contribution in [2.45, 2.75) is 0 Å². The van der Waals surface area contributed by atoms with E-state index in [9.17, 15) is 14.4 Å². The molecule has 116 valence electrons. The third-order valence-electron chi connectivity index (χ3n) is 2.90. The first-order valence-corrected chi connectivity index (χ1v) is 6.59. The van der Waals surface area contributed by atoms with Crippen molar-refractivity contribution in [3.63, 3.8) is 0 Å². The summed E-state index contributed by atoms with van der Waals surface area (Å²) in [6.07, 6.45) is 0. The molecule has 7 nitrogen and oxygen atoms in total. The van der Waals surface area contributed by atoms with Crippen molar-refractivity contribution in [1.82, 2.24) is 10.2 Å². The molecule has 2 rings (SSSR count). The Morgan fingerprint density at radius 2 is 1.95 bits per heavy atom. The summed E-state index contributed by atoms with van der Waals surface area (Å²) in [4.78, 5) is 35.4. The van der Waals surface area contributed by atoms with E-state index < -0.39 is 11.5 Å². The van der Waals surface area contributed by atoms with Crippen LogP contribution in [-0.2, 0) is 9.59 Å². The molecule has 22 heavy (non-hydrogen) atoms. The SMILES string of the molecule is CN(C)C(=O)CNC(=O)COc1ccc2ccc(=O)oc2c1. The number of nitrogens with one attached hydrogen (secondary N) is 1. The van der Waals surface area contributed by atoms with Crippen LogP contribution in [0.4, 0.5) is 0 Å². The van der Waals surface area contributed by atoms with Crippen molar-refractivity contribution >= 4 is 22.8 Å². The quantitative estimate of drug-likeness (QED) is 0.807. The van der Waals surface area contributed by atoms with E-state index in [2.05, 4.69) is 5.32 Å². The van der Waals surface area contributed by atoms with Crippen LogP contribution in [0.3, 0.4) is 0 Å². The van der Waals surface area contributed by atoms with Gasteiger partial charge in [-0.2, -0.15) is 0 Å². The first-order valence-electron chi connectivity index (χ1n) is 6.59. The molecule has 0 unspecified atom stereocenters. The Morgan fingerprint density at radius 3 is 2.68 bits per heavy atom. The Labute approximate surface area is 126 Å². The number of nitrogens with zero attached hydrogens (tertiary/aromatic N) is 1. The van der Waals surface area contributed by atoms with Crippen molar-refractivity contribution in [1.29, 1.82) is 0 Å². The molecule has 1 aromatic heterocycles. The van der Waals surface area contributed by atoms with Gasteiger partial charge in [0.25, 0.3) is 5.91 Å². The molecule has 0 aliphatic carbocycles. The van der Waals surface area contributed by atoms with Gasteiger partial charge in [-0.3, -0.25) is 9.59 Å². The maximum atomic E-state index is 11.6. The molecule has 0 saturated carbocycles. The first kappa shape index (κ1) is 15.6. The number of likely N-dealkylation sites (N-methyl/N-ethyl adjacent to an activating group) is 1. The third kappa shape index (κ3) is 4.08. The molecule has 0 spiro atoms. The standard InChI is InChI=1S/C15H16N2O5/c1-17(2)14(19)8-16-13(18)9-21-11-5-3-10-4-6-15(20)22-12(10)7-11/h3-7H,8-9H2,1-2H3,(H,16,18). The summed E-state index contributed by atoms with van der Waals surface area (Å²) in [5, 5.41) is 3.21. The van der Waals surface area contributed by atoms with Gasteiger partial charge in [-0.05, 0) is 18.2 Å². The fourth-order valence-electron chi connectivity index (χ4n) is 1.66. The molecule has 0 atom stereocenters. The number of rotatable bonds is 5. The van der Waals surface area contributed by atoms with E-state index in [1.54, 1.807) is 32.3 Å². The average Bonchev–Trinajstić information content (AvgIpc) is 2.49. The predicted octanol–water partition coefficient (Wildman–Crippen LogP) is 0.376. The zero-order chi connectivity index (χ0) is 16.1. The van der Waals surface area contributed by atoms with Gasteiger partial charge in [-0.15, -0.1) is 0 Å². The molecule has 0 aliphatic rings. The van der Waals surface area contributed by atoms with Crippen LogP contribution < -0.4 is 15.7 Å². The lowest BCUT2D eigenvalue weighted by Gasteiger charge is -2.11. The van der Waals surface area contributed by atoms with E-state index in [1.807, 2.05) is 0 Å². The second-order valence-corrected chi connectivity index (χ2v) is 4.81. The second-order valence-electron chi connectivity index (χ2n) is 4.81. The van der Waals surface area contributed by atoms with Gasteiger partial charge in [0.05, 0.1) is 6.54 Å². The molecule has 0 radical (unpaired) electrons. The van der Waals surface area contributed by atoms with Crippen LogP contribution in [0.2, 0.25) is 0 Å². The van der Waals surface area contributed by atoms with Crippen LogP contribution in [0, 0.1) is 0 Å². The summed E-state index contributed by atoms with van der Waals surface area (Å²) in [5.41, 5.74) is -0.0715. The smallest absolute Gasteiger partial charge is 0.336 e. The van der Waals surface area contributed by atoms with Crippen molar-refractivity contribution < 1.29 is 18.7 Å². The van der Waals surface area contributed by atoms with Crippen LogP contribution in [-0.4, -0.2) is 44.0 Å². The normalized spacial score (nSPS) is 10.3. The average molecular weight is 304 g/mol. The van der Waals surface area contributed by atoms with Crippen LogP contribution in [0.5, 0.6) is 5.75 Å². The van der Waals surface area contributed by atoms with Crippen LogP contribution in [0.15, 0.2) is 39.5 Å². The van der Waals surface area contributed by atoms with Crippen LogP contribution >= 0.6 is 0 Å². The lowest BCUT2D eigenvalue weighted by Crippen LogP contribution is -2.38. The zero-order valence-corrected chi connectivity index (χ0v) is 12.3. The highest BCUT2D eigenvalue weighted by Gasteiger charge is 2.08. The number of benzene rings is 1. The van der Waals surface area contributed by atoms with Crippen molar-refractivity contribution in [2.24, 2.45) is 0 Å². The summed E-state index contributed by atoms with van der Waals surface area (Å²) in [5.74, 6) is -0.221. The summed E-state index contributed by atoms with van der Waals surface area (Å²) >= 11 is 0. The Bertz CT molecular complexity index is 751. The van der Waals surface area contributed by atoms with Crippen molar-refractivity contribution in [3.05, 3.63) is 40.8 Å². The number of carbonyl (C=O) groups excluding carboxylic acids is 2. The van der Waals surface area contributed by atoms with E-state index in [-0.39, 0.29) is 19.1 Å². The van der Waals surface area contributed by atoms with E-state index in [0.717, 1.165) is 5.39 Å². The maximum Gasteiger partial charge on any atom is 0.336 e. The summed E-state index contributed by atoms with van der Waals surface area (Å²) in [6, 6.07) is 7.90. The minimum Gasteiger partial charge on any atom is -0.484 e. The summed E-state index contributed by atoms with van der Waals surface area (Å²) in [7, 11) is 3.21. The molecule has 1 heterocycles. The molecule has 2 aromatic rings. The molecule has 0 fully saturated rings. The van der Waals surface area contributed by atoms with Gasteiger partial charge in [-0.1, -0.05) is 0 Å². The number of hydrogen-bond acceptors (Lipinski definition) is 5. The van der Waals surface area contributed by atoms with Gasteiger partial charge >= 0.3 is 5.63 Å². The summed E-state index contributed by atoms with van der Waals surface area (Å²) < 4.78 is 10.3. The number of carbonyl (C=O) groups is 2. The Kier molecular flexibility index (Phi) is 4.77. The molecule has 1 aromatic carbocycles. The van der Waals surface area contributed by atoms with Crippen LogP contribution in [0.1, 0.15) is 0 Å². The molecule has 0 aliphatic heterocycles. The van der Waals surface area contributed by atoms with E-state index in [0.29, 0.717) is 11.3 Å². The highest BCUT2D eigenvalue weighted by Crippen LogP contribution is 2.19. The molecule has 7 heteroatoms. The van der Waals surface area contributed by atoms with E-state index in [4.69, 9.17) is 9.15 Å². The maximum absolute atomic E-state index is 11.6. The topological polar surface area (TPSA) is 88.9 Å². The lowest BCUT2D eigenvalue weighted by atomic mass is 10.2. The van der Waals surface area contributed by atoms with Crippen molar-refractivity contribution in [3.8, 4) is 5.75 Å². The minimum absolute atomic E-state index is 0.0816. The largest absolute Gasteiger partial charge is 0.484 e. The van der Waals surface area contributed by atoms with Gasteiger partial charge in [0.2, 0.25) is 5.91 Å². The number of fused-ring (bicyclic) bond motifs is 1. The fourth-order valence-corrected chi connectivity index (χ4v) is 1.66. The zero-order valence-electron chi connectivity index (χ0n) is 12.3. The van der Waals surface area contributed by atoms with Gasteiger partial charge in [0.1, 0.15) is 11.3 Å². The van der Waals surface area contributed by atoms with Gasteiger partial charge in [0.15, 0.2) is 6.61 Å². The van der Waals surface area contributed by atoms with Crippen LogP contribution in [0.25, 0.3) is 11.0 Å². The van der Waals surface area contributed by atoms with Gasteiger partial charge in [0, 0.05) is 31.6 Å². The van der Waals surface area contributed by atoms with E-state index >= 15 is 0 Å². The molecule has 0 saturated heterocycles. The Hall–Kier alpha value is -2.83. The molecular weight excluding hydrogens is 288 g/mol. The molecular formula is C15H16N2O5. The highest BCUT2D eigenvalue weighted by atomic mass is 16.5. The third-order valence-corrected chi connectivity index (χ3v) is 2.90. The predicted molar refractivity (Wildman–Crippen MR) is 79.7 cm³/mol. The minimum atomic E-state index is -0.454. The fraction of sp³-hybridized carbons (Fsp3) is 0.267. The second kappa shape index (κ2) is 6.75. The van der Waals surface area contributed by atoms with Gasteiger partial charge < -0.3 is 19.4 Å². The van der Waals surface area contributed by atoms with E-state index in [1.165, 1.54) is 17.0 Å². The number of amides is 2. The first-order chi connectivity index (χ1) is 10.5. The number of ether oxygens (including phenoxy) is 1.